The molecule has 0 bridgehead atoms. The van der Waals surface area contributed by atoms with Gasteiger partial charge in [0.2, 0.25) is 10.0 Å². The molecule has 306 valence electrons. The van der Waals surface area contributed by atoms with Gasteiger partial charge in [0.05, 0.1) is 41.8 Å². The first-order valence-electron chi connectivity index (χ1n) is 20.0. The Balaban J connectivity index is 1.19. The summed E-state index contributed by atoms with van der Waals surface area (Å²) in [6.07, 6.45) is 6.82. The van der Waals surface area contributed by atoms with Crippen LogP contribution in [0.2, 0.25) is 0 Å². The Morgan fingerprint density at radius 3 is 2.12 bits per heavy atom. The largest absolute Gasteiger partial charge is 0.469 e. The Morgan fingerprint density at radius 2 is 1.43 bits per heavy atom. The highest BCUT2D eigenvalue weighted by atomic mass is 32.2. The number of aryl methyl sites for hydroxylation is 2. The Morgan fingerprint density at radius 1 is 0.724 bits per heavy atom. The van der Waals surface area contributed by atoms with Crippen LogP contribution in [0.5, 0.6) is 0 Å². The van der Waals surface area contributed by atoms with E-state index in [1.807, 2.05) is 42.5 Å². The zero-order chi connectivity index (χ0) is 41.2. The molecule has 13 heteroatoms. The average molecular weight is 809 g/mol. The summed E-state index contributed by atoms with van der Waals surface area (Å²) in [6, 6.07) is 26.0. The number of hydrogen-bond acceptors (Lipinski definition) is 9. The van der Waals surface area contributed by atoms with E-state index in [-0.39, 0.29) is 46.5 Å². The van der Waals surface area contributed by atoms with Crippen molar-refractivity contribution in [3.05, 3.63) is 119 Å². The number of benzene rings is 4. The van der Waals surface area contributed by atoms with E-state index in [0.717, 1.165) is 55.6 Å². The number of carbonyl (C=O) groups is 4. The second-order valence-corrected chi connectivity index (χ2v) is 16.7. The molecule has 1 saturated heterocycles. The van der Waals surface area contributed by atoms with Crippen LogP contribution in [0.1, 0.15) is 94.1 Å². The summed E-state index contributed by atoms with van der Waals surface area (Å²) < 4.78 is 39.1. The SMILES string of the molecule is CCN([C@H]1CC[C@H](C(=O)OC)CC1)S(=O)(=O)c1cccc(C(=O)Nc2ccc(N3CCCCC3)cc2C(=O)Nc2cccc(CCc3ccc(C(=O)OC)cc3)c2)c1. The van der Waals surface area contributed by atoms with Crippen LogP contribution in [0.25, 0.3) is 0 Å². The van der Waals surface area contributed by atoms with Crippen LogP contribution in [-0.4, -0.2) is 76.4 Å². The molecule has 58 heavy (non-hydrogen) atoms. The van der Waals surface area contributed by atoms with Crippen LogP contribution in [0, 0.1) is 5.92 Å². The van der Waals surface area contributed by atoms with Crippen LogP contribution in [0.3, 0.4) is 0 Å². The van der Waals surface area contributed by atoms with Gasteiger partial charge in [-0.15, -0.1) is 0 Å². The molecule has 6 rings (SSSR count). The molecule has 1 saturated carbocycles. The summed E-state index contributed by atoms with van der Waals surface area (Å²) in [5, 5.41) is 5.92. The van der Waals surface area contributed by atoms with Gasteiger partial charge >= 0.3 is 11.9 Å². The predicted molar refractivity (Wildman–Crippen MR) is 224 cm³/mol. The van der Waals surface area contributed by atoms with Gasteiger partial charge in [0, 0.05) is 42.6 Å². The number of esters is 2. The molecule has 0 aromatic heterocycles. The molecule has 0 spiro atoms. The van der Waals surface area contributed by atoms with Gasteiger partial charge in [-0.1, -0.05) is 37.3 Å². The lowest BCUT2D eigenvalue weighted by atomic mass is 9.86. The third-order valence-corrected chi connectivity index (χ3v) is 13.2. The maximum atomic E-state index is 14.1. The van der Waals surface area contributed by atoms with Gasteiger partial charge in [0.15, 0.2) is 0 Å². The van der Waals surface area contributed by atoms with Gasteiger partial charge in [-0.25, -0.2) is 13.2 Å². The van der Waals surface area contributed by atoms with Crippen molar-refractivity contribution in [3.63, 3.8) is 0 Å². The van der Waals surface area contributed by atoms with E-state index in [0.29, 0.717) is 49.0 Å². The van der Waals surface area contributed by atoms with Crippen LogP contribution in [0.15, 0.2) is 95.9 Å². The minimum atomic E-state index is -3.98. The second-order valence-electron chi connectivity index (χ2n) is 14.8. The van der Waals surface area contributed by atoms with Gasteiger partial charge in [-0.2, -0.15) is 4.31 Å². The van der Waals surface area contributed by atoms with E-state index >= 15 is 0 Å². The molecule has 2 amide bonds. The zero-order valence-corrected chi connectivity index (χ0v) is 34.2. The number of piperidine rings is 1. The number of amides is 2. The van der Waals surface area contributed by atoms with Crippen molar-refractivity contribution in [2.75, 3.05) is 49.4 Å². The highest BCUT2D eigenvalue weighted by molar-refractivity contribution is 7.89. The molecule has 12 nitrogen and oxygen atoms in total. The van der Waals surface area contributed by atoms with Crippen molar-refractivity contribution in [1.82, 2.24) is 4.31 Å². The topological polar surface area (TPSA) is 151 Å². The smallest absolute Gasteiger partial charge is 0.337 e. The van der Waals surface area contributed by atoms with E-state index in [2.05, 4.69) is 15.5 Å². The van der Waals surface area contributed by atoms with Crippen LogP contribution in [-0.2, 0) is 37.1 Å². The van der Waals surface area contributed by atoms with Gasteiger partial charge in [0.1, 0.15) is 0 Å². The molecule has 2 aliphatic rings. The summed E-state index contributed by atoms with van der Waals surface area (Å²) in [5.41, 5.74) is 4.73. The van der Waals surface area contributed by atoms with Crippen molar-refractivity contribution in [3.8, 4) is 0 Å². The van der Waals surface area contributed by atoms with E-state index in [1.54, 1.807) is 43.3 Å². The molecule has 1 heterocycles. The van der Waals surface area contributed by atoms with Crippen molar-refractivity contribution in [2.45, 2.75) is 75.6 Å². The fourth-order valence-corrected chi connectivity index (χ4v) is 9.65. The number of carbonyl (C=O) groups excluding carboxylic acids is 4. The molecule has 4 aromatic carbocycles. The molecule has 2 N–H and O–H groups in total. The number of nitrogens with zero attached hydrogens (tertiary/aromatic N) is 2. The molecule has 0 atom stereocenters. The number of hydrogen-bond donors (Lipinski definition) is 2. The standard InChI is InChI=1S/C45H52N4O8S/c1-4-49(37-22-20-34(21-23-37)45(53)57-3)58(54,55)39-13-9-11-35(29-39)42(50)47-41-25-24-38(48-26-6-5-7-27-48)30-40(41)43(51)46-36-12-8-10-32(28-36)15-14-31-16-18-33(19-17-31)44(52)56-2/h8-13,16-19,24-25,28-30,34,37H,4-7,14-15,20-23,26-27H2,1-3H3,(H,46,51)(H,47,50)/t34-,37-. The minimum absolute atomic E-state index is 0.00593. The lowest BCUT2D eigenvalue weighted by Gasteiger charge is -2.34. The van der Waals surface area contributed by atoms with Crippen LogP contribution >= 0.6 is 0 Å². The molecule has 2 fully saturated rings. The molecular weight excluding hydrogens is 757 g/mol. The Bertz CT molecular complexity index is 2210. The molecular formula is C45H52N4O8S. The molecule has 4 aromatic rings. The number of sulfonamides is 1. The predicted octanol–water partition coefficient (Wildman–Crippen LogP) is 7.50. The third-order valence-electron chi connectivity index (χ3n) is 11.1. The van der Waals surface area contributed by atoms with Crippen molar-refractivity contribution in [2.24, 2.45) is 5.92 Å². The summed E-state index contributed by atoms with van der Waals surface area (Å²) in [4.78, 5) is 54.0. The van der Waals surface area contributed by atoms with Crippen LogP contribution in [0.4, 0.5) is 17.1 Å². The third kappa shape index (κ3) is 10.1. The highest BCUT2D eigenvalue weighted by Crippen LogP contribution is 2.32. The molecule has 1 aliphatic carbocycles. The lowest BCUT2D eigenvalue weighted by molar-refractivity contribution is -0.146. The summed E-state index contributed by atoms with van der Waals surface area (Å²) in [6.45, 7) is 3.75. The first-order valence-corrected chi connectivity index (χ1v) is 21.4. The average Bonchev–Trinajstić information content (AvgIpc) is 3.26. The number of nitrogens with one attached hydrogen (secondary N) is 2. The zero-order valence-electron chi connectivity index (χ0n) is 33.4. The van der Waals surface area contributed by atoms with E-state index in [1.165, 1.54) is 30.7 Å². The van der Waals surface area contributed by atoms with E-state index in [9.17, 15) is 27.6 Å². The van der Waals surface area contributed by atoms with Gasteiger partial charge in [0.25, 0.3) is 11.8 Å². The van der Waals surface area contributed by atoms with E-state index < -0.39 is 21.8 Å². The number of methoxy groups -OCH3 is 2. The highest BCUT2D eigenvalue weighted by Gasteiger charge is 2.35. The first kappa shape index (κ1) is 42.1. The van der Waals surface area contributed by atoms with Crippen molar-refractivity contribution in [1.29, 1.82) is 0 Å². The number of ether oxygens (including phenoxy) is 2. The summed E-state index contributed by atoms with van der Waals surface area (Å²) in [5.74, 6) is -1.85. The fourth-order valence-electron chi connectivity index (χ4n) is 7.91. The Hall–Kier alpha value is -5.53. The first-order chi connectivity index (χ1) is 28.0. The minimum Gasteiger partial charge on any atom is -0.469 e. The maximum absolute atomic E-state index is 14.1. The second kappa shape index (κ2) is 19.3. The van der Waals surface area contributed by atoms with Gasteiger partial charge in [-0.3, -0.25) is 14.4 Å². The van der Waals surface area contributed by atoms with E-state index in [4.69, 9.17) is 9.47 Å². The fraction of sp³-hybridized carbons (Fsp3) is 0.378. The number of anilines is 3. The van der Waals surface area contributed by atoms with Gasteiger partial charge in [-0.05, 0) is 130 Å². The maximum Gasteiger partial charge on any atom is 0.337 e. The summed E-state index contributed by atoms with van der Waals surface area (Å²) >= 11 is 0. The quantitative estimate of drug-likeness (QED) is 0.124. The van der Waals surface area contributed by atoms with Crippen molar-refractivity contribution < 1.29 is 37.1 Å². The number of rotatable bonds is 14. The monoisotopic (exact) mass is 808 g/mol. The normalized spacial score (nSPS) is 17.0. The molecule has 0 unspecified atom stereocenters. The summed E-state index contributed by atoms with van der Waals surface area (Å²) in [7, 11) is -1.26. The van der Waals surface area contributed by atoms with Crippen molar-refractivity contribution >= 4 is 50.8 Å². The van der Waals surface area contributed by atoms with Crippen LogP contribution < -0.4 is 15.5 Å². The molecule has 1 aliphatic heterocycles. The Kier molecular flexibility index (Phi) is 14.0. The lowest BCUT2D eigenvalue weighted by Crippen LogP contribution is -2.43. The van der Waals surface area contributed by atoms with Gasteiger partial charge < -0.3 is 25.0 Å². The molecule has 0 radical (unpaired) electrons. The Labute approximate surface area is 341 Å².